The van der Waals surface area contributed by atoms with Gasteiger partial charge in [-0.25, -0.2) is 4.98 Å². The van der Waals surface area contributed by atoms with Crippen molar-refractivity contribution in [3.8, 4) is 11.8 Å². The van der Waals surface area contributed by atoms with Crippen LogP contribution in [-0.2, 0) is 13.0 Å². The molecule has 1 amide bonds. The van der Waals surface area contributed by atoms with Crippen LogP contribution in [0.2, 0.25) is 0 Å². The van der Waals surface area contributed by atoms with E-state index in [4.69, 9.17) is 10.5 Å². The van der Waals surface area contributed by atoms with Crippen molar-refractivity contribution in [3.05, 3.63) is 64.8 Å². The molecule has 1 aliphatic rings. The Bertz CT molecular complexity index is 1220. The fraction of sp³-hybridized carbons (Fsp3) is 0.217. The number of likely N-dealkylation sites (N-methyl/N-ethyl adjacent to an activating group) is 1. The molecule has 0 radical (unpaired) electrons. The molecule has 1 aromatic heterocycles. The number of aromatic nitrogens is 2. The molecule has 2 aromatic carbocycles. The van der Waals surface area contributed by atoms with Crippen molar-refractivity contribution in [1.82, 2.24) is 14.9 Å². The number of primary amides is 1. The number of amides is 1. The van der Waals surface area contributed by atoms with E-state index in [1.165, 1.54) is 17.3 Å². The van der Waals surface area contributed by atoms with Gasteiger partial charge in [0.05, 0.1) is 24.0 Å². The topological polar surface area (TPSA) is 129 Å². The largest absolute Gasteiger partial charge is 0.495 e. The van der Waals surface area contributed by atoms with Crippen LogP contribution < -0.4 is 21.1 Å². The predicted molar refractivity (Wildman–Crippen MR) is 121 cm³/mol. The Morgan fingerprint density at radius 1 is 1.22 bits per heavy atom. The highest BCUT2D eigenvalue weighted by Gasteiger charge is 2.19. The zero-order valence-corrected chi connectivity index (χ0v) is 17.8. The zero-order chi connectivity index (χ0) is 22.7. The first-order chi connectivity index (χ1) is 15.5. The average molecular weight is 429 g/mol. The molecule has 9 heteroatoms. The van der Waals surface area contributed by atoms with Crippen LogP contribution in [0, 0.1) is 11.3 Å². The van der Waals surface area contributed by atoms with Gasteiger partial charge in [0.1, 0.15) is 23.2 Å². The van der Waals surface area contributed by atoms with Crippen molar-refractivity contribution in [3.63, 3.8) is 0 Å². The molecule has 0 unspecified atom stereocenters. The van der Waals surface area contributed by atoms with Crippen LogP contribution in [0.15, 0.2) is 42.6 Å². The Kier molecular flexibility index (Phi) is 5.87. The number of methoxy groups -OCH3 is 1. The third-order valence-electron chi connectivity index (χ3n) is 5.33. The van der Waals surface area contributed by atoms with Gasteiger partial charge in [0.25, 0.3) is 5.91 Å². The maximum absolute atomic E-state index is 11.9. The SMILES string of the molecule is COc1cc2c(cc1Nc1ncc(C(N)=O)c(Nc3ccccc3C#N)n1)CN(C)CC2. The number of ether oxygens (including phenoxy) is 1. The number of rotatable bonds is 6. The third-order valence-corrected chi connectivity index (χ3v) is 5.33. The van der Waals surface area contributed by atoms with Gasteiger partial charge in [-0.3, -0.25) is 4.79 Å². The summed E-state index contributed by atoms with van der Waals surface area (Å²) in [6.07, 6.45) is 2.31. The fourth-order valence-corrected chi connectivity index (χ4v) is 3.65. The van der Waals surface area contributed by atoms with E-state index in [1.54, 1.807) is 31.4 Å². The summed E-state index contributed by atoms with van der Waals surface area (Å²) in [6.45, 7) is 1.84. The number of hydrogen-bond acceptors (Lipinski definition) is 8. The van der Waals surface area contributed by atoms with Gasteiger partial charge in [-0.2, -0.15) is 10.2 Å². The Labute approximate surface area is 185 Å². The third kappa shape index (κ3) is 4.31. The second-order valence-corrected chi connectivity index (χ2v) is 7.54. The Balaban J connectivity index is 1.69. The molecule has 9 nitrogen and oxygen atoms in total. The molecule has 0 saturated carbocycles. The summed E-state index contributed by atoms with van der Waals surface area (Å²) in [6, 6.07) is 13.1. The van der Waals surface area contributed by atoms with Crippen molar-refractivity contribution < 1.29 is 9.53 Å². The number of hydrogen-bond donors (Lipinski definition) is 3. The van der Waals surface area contributed by atoms with Gasteiger partial charge in [-0.1, -0.05) is 12.1 Å². The molecule has 162 valence electrons. The minimum absolute atomic E-state index is 0.113. The van der Waals surface area contributed by atoms with Crippen molar-refractivity contribution in [1.29, 1.82) is 5.26 Å². The lowest BCUT2D eigenvalue weighted by atomic mass is 9.99. The molecule has 0 bridgehead atoms. The van der Waals surface area contributed by atoms with Gasteiger partial charge in [0.15, 0.2) is 0 Å². The van der Waals surface area contributed by atoms with E-state index < -0.39 is 5.91 Å². The summed E-state index contributed by atoms with van der Waals surface area (Å²) in [5.41, 5.74) is 9.73. The maximum atomic E-state index is 11.9. The minimum atomic E-state index is -0.678. The number of nitriles is 1. The minimum Gasteiger partial charge on any atom is -0.495 e. The van der Waals surface area contributed by atoms with E-state index in [0.717, 1.165) is 25.2 Å². The van der Waals surface area contributed by atoms with E-state index >= 15 is 0 Å². The smallest absolute Gasteiger partial charge is 0.254 e. The van der Waals surface area contributed by atoms with Crippen molar-refractivity contribution in [2.75, 3.05) is 31.3 Å². The van der Waals surface area contributed by atoms with Gasteiger partial charge >= 0.3 is 0 Å². The van der Waals surface area contributed by atoms with Gasteiger partial charge in [-0.05, 0) is 48.9 Å². The van der Waals surface area contributed by atoms with E-state index in [0.29, 0.717) is 17.0 Å². The molecule has 2 heterocycles. The van der Waals surface area contributed by atoms with E-state index in [2.05, 4.69) is 38.6 Å². The quantitative estimate of drug-likeness (QED) is 0.545. The monoisotopic (exact) mass is 429 g/mol. The second-order valence-electron chi connectivity index (χ2n) is 7.54. The van der Waals surface area contributed by atoms with Crippen molar-refractivity contribution >= 4 is 29.0 Å². The lowest BCUT2D eigenvalue weighted by Gasteiger charge is -2.26. The van der Waals surface area contributed by atoms with Crippen LogP contribution in [-0.4, -0.2) is 41.5 Å². The normalized spacial score (nSPS) is 13.0. The number of para-hydroxylation sites is 1. The molecule has 1 aliphatic heterocycles. The standard InChI is InChI=1S/C23H23N7O2/c1-30-8-7-14-10-20(32-2)19(9-16(14)13-30)28-23-26-12-17(21(25)31)22(29-23)27-18-6-4-3-5-15(18)11-24/h3-6,9-10,12H,7-8,13H2,1-2H3,(H2,25,31)(H2,26,27,28,29). The number of carbonyl (C=O) groups excluding carboxylic acids is 1. The number of nitrogens with one attached hydrogen (secondary N) is 2. The van der Waals surface area contributed by atoms with Gasteiger partial charge in [-0.15, -0.1) is 0 Å². The number of nitrogens with two attached hydrogens (primary N) is 1. The summed E-state index contributed by atoms with van der Waals surface area (Å²) in [5, 5.41) is 15.6. The lowest BCUT2D eigenvalue weighted by molar-refractivity contribution is 0.100. The van der Waals surface area contributed by atoms with Crippen LogP contribution in [0.5, 0.6) is 5.75 Å². The van der Waals surface area contributed by atoms with Crippen molar-refractivity contribution in [2.24, 2.45) is 5.73 Å². The highest BCUT2D eigenvalue weighted by atomic mass is 16.5. The van der Waals surface area contributed by atoms with E-state index in [-0.39, 0.29) is 17.3 Å². The summed E-state index contributed by atoms with van der Waals surface area (Å²) < 4.78 is 5.57. The highest BCUT2D eigenvalue weighted by molar-refractivity contribution is 5.98. The molecule has 0 fully saturated rings. The van der Waals surface area contributed by atoms with Crippen LogP contribution in [0.3, 0.4) is 0 Å². The summed E-state index contributed by atoms with van der Waals surface area (Å²) >= 11 is 0. The van der Waals surface area contributed by atoms with Crippen LogP contribution in [0.4, 0.5) is 23.1 Å². The Morgan fingerprint density at radius 3 is 2.78 bits per heavy atom. The Morgan fingerprint density at radius 2 is 2.03 bits per heavy atom. The first kappa shape index (κ1) is 21.1. The van der Waals surface area contributed by atoms with E-state index in [1.807, 2.05) is 12.1 Å². The molecule has 0 atom stereocenters. The molecular formula is C23H23N7O2. The average Bonchev–Trinajstić information content (AvgIpc) is 2.79. The Hall–Kier alpha value is -4.16. The molecular weight excluding hydrogens is 406 g/mol. The van der Waals surface area contributed by atoms with Crippen LogP contribution in [0.1, 0.15) is 27.0 Å². The van der Waals surface area contributed by atoms with Gasteiger partial charge in [0, 0.05) is 19.3 Å². The van der Waals surface area contributed by atoms with Crippen LogP contribution >= 0.6 is 0 Å². The molecule has 32 heavy (non-hydrogen) atoms. The lowest BCUT2D eigenvalue weighted by Crippen LogP contribution is -2.26. The van der Waals surface area contributed by atoms with Gasteiger partial charge < -0.3 is 26.0 Å². The van der Waals surface area contributed by atoms with E-state index in [9.17, 15) is 10.1 Å². The first-order valence-corrected chi connectivity index (χ1v) is 10.1. The zero-order valence-electron chi connectivity index (χ0n) is 17.8. The number of carbonyl (C=O) groups is 1. The molecule has 4 rings (SSSR count). The number of fused-ring (bicyclic) bond motifs is 1. The number of benzene rings is 2. The summed E-state index contributed by atoms with van der Waals surface area (Å²) in [7, 11) is 3.70. The van der Waals surface area contributed by atoms with Crippen LogP contribution in [0.25, 0.3) is 0 Å². The first-order valence-electron chi connectivity index (χ1n) is 10.1. The fourth-order valence-electron chi connectivity index (χ4n) is 3.65. The van der Waals surface area contributed by atoms with Gasteiger partial charge in [0.2, 0.25) is 5.95 Å². The number of nitrogens with zero attached hydrogens (tertiary/aromatic N) is 4. The molecule has 0 aliphatic carbocycles. The second kappa shape index (κ2) is 8.91. The molecule has 4 N–H and O–H groups in total. The summed E-state index contributed by atoms with van der Waals surface area (Å²) in [5.74, 6) is 0.465. The maximum Gasteiger partial charge on any atom is 0.254 e. The summed E-state index contributed by atoms with van der Waals surface area (Å²) in [4.78, 5) is 22.9. The highest BCUT2D eigenvalue weighted by Crippen LogP contribution is 2.33. The molecule has 3 aromatic rings. The van der Waals surface area contributed by atoms with Crippen molar-refractivity contribution in [2.45, 2.75) is 13.0 Å². The predicted octanol–water partition coefficient (Wildman–Crippen LogP) is 2.93. The number of anilines is 4. The molecule has 0 saturated heterocycles. The molecule has 0 spiro atoms.